The topological polar surface area (TPSA) is 81.3 Å². The highest BCUT2D eigenvalue weighted by molar-refractivity contribution is 14.0. The number of hydrogen-bond acceptors (Lipinski definition) is 2. The number of H-pyrrole nitrogens is 1. The van der Waals surface area contributed by atoms with Gasteiger partial charge in [-0.15, -0.1) is 24.0 Å². The van der Waals surface area contributed by atoms with Gasteiger partial charge in [0, 0.05) is 42.3 Å². The molecule has 1 heterocycles. The third kappa shape index (κ3) is 6.99. The van der Waals surface area contributed by atoms with E-state index in [2.05, 4.69) is 64.2 Å². The maximum absolute atomic E-state index is 12.0. The molecule has 0 aliphatic heterocycles. The van der Waals surface area contributed by atoms with Crippen molar-refractivity contribution in [1.82, 2.24) is 20.9 Å². The van der Waals surface area contributed by atoms with Gasteiger partial charge < -0.3 is 20.9 Å². The Hall–Kier alpha value is -2.55. The number of nitrogens with one attached hydrogen (secondary N) is 4. The third-order valence-electron chi connectivity index (χ3n) is 4.90. The minimum absolute atomic E-state index is 0. The number of nitrogens with zero attached hydrogens (tertiary/aromatic N) is 1. The molecule has 0 saturated carbocycles. The van der Waals surface area contributed by atoms with Crippen LogP contribution in [-0.2, 0) is 13.0 Å². The smallest absolute Gasteiger partial charge is 0.251 e. The third-order valence-corrected chi connectivity index (χ3v) is 4.90. The SMILES string of the molecule is CCNC(=O)c1cccc(CN=C(NCC)NCCc2c[nH]c3cc(C)ccc23)c1.I. The summed E-state index contributed by atoms with van der Waals surface area (Å²) >= 11 is 0. The summed E-state index contributed by atoms with van der Waals surface area (Å²) in [6.45, 7) is 8.77. The van der Waals surface area contributed by atoms with Gasteiger partial charge >= 0.3 is 0 Å². The highest BCUT2D eigenvalue weighted by Gasteiger charge is 2.06. The lowest BCUT2D eigenvalue weighted by molar-refractivity contribution is 0.0955. The molecule has 0 unspecified atom stereocenters. The number of aromatic nitrogens is 1. The van der Waals surface area contributed by atoms with E-state index in [1.165, 1.54) is 22.0 Å². The van der Waals surface area contributed by atoms with Crippen molar-refractivity contribution in [3.8, 4) is 0 Å². The van der Waals surface area contributed by atoms with Crippen molar-refractivity contribution in [3.05, 3.63) is 70.9 Å². The first-order valence-corrected chi connectivity index (χ1v) is 10.6. The Morgan fingerprint density at radius 1 is 1.03 bits per heavy atom. The van der Waals surface area contributed by atoms with Crippen LogP contribution in [0, 0.1) is 6.92 Å². The van der Waals surface area contributed by atoms with Crippen molar-refractivity contribution in [2.45, 2.75) is 33.7 Å². The van der Waals surface area contributed by atoms with Crippen molar-refractivity contribution >= 4 is 46.7 Å². The normalized spacial score (nSPS) is 11.1. The lowest BCUT2D eigenvalue weighted by Gasteiger charge is -2.11. The molecule has 0 spiro atoms. The number of rotatable bonds is 8. The molecule has 3 aromatic rings. The first kappa shape index (κ1) is 24.7. The molecule has 31 heavy (non-hydrogen) atoms. The highest BCUT2D eigenvalue weighted by atomic mass is 127. The van der Waals surface area contributed by atoms with Crippen LogP contribution in [0.1, 0.15) is 40.9 Å². The standard InChI is InChI=1S/C24H31N5O.HI/c1-4-25-23(30)19-8-6-7-18(14-19)15-29-24(26-5-2)27-12-11-20-16-28-22-13-17(3)9-10-21(20)22;/h6-10,13-14,16,28H,4-5,11-12,15H2,1-3H3,(H,25,30)(H2,26,27,29);1H. The van der Waals surface area contributed by atoms with Gasteiger partial charge in [0.1, 0.15) is 0 Å². The van der Waals surface area contributed by atoms with E-state index in [1.807, 2.05) is 31.2 Å². The van der Waals surface area contributed by atoms with E-state index in [0.29, 0.717) is 18.7 Å². The van der Waals surface area contributed by atoms with Crippen molar-refractivity contribution < 1.29 is 4.79 Å². The number of benzene rings is 2. The molecule has 0 fully saturated rings. The number of aromatic amines is 1. The van der Waals surface area contributed by atoms with Crippen molar-refractivity contribution in [2.24, 2.45) is 4.99 Å². The van der Waals surface area contributed by atoms with Gasteiger partial charge in [0.05, 0.1) is 6.54 Å². The Kier molecular flexibility index (Phi) is 9.84. The van der Waals surface area contributed by atoms with Crippen LogP contribution in [0.5, 0.6) is 0 Å². The molecule has 6 nitrogen and oxygen atoms in total. The van der Waals surface area contributed by atoms with Gasteiger partial charge in [-0.1, -0.05) is 24.3 Å². The maximum atomic E-state index is 12.0. The first-order valence-electron chi connectivity index (χ1n) is 10.6. The monoisotopic (exact) mass is 533 g/mol. The van der Waals surface area contributed by atoms with E-state index < -0.39 is 0 Å². The first-order chi connectivity index (χ1) is 14.6. The fourth-order valence-corrected chi connectivity index (χ4v) is 3.41. The van der Waals surface area contributed by atoms with Gasteiger partial charge in [-0.2, -0.15) is 0 Å². The molecule has 0 bridgehead atoms. The predicted octanol–water partition coefficient (Wildman–Crippen LogP) is 4.14. The molecule has 7 heteroatoms. The summed E-state index contributed by atoms with van der Waals surface area (Å²) in [4.78, 5) is 20.1. The van der Waals surface area contributed by atoms with E-state index in [0.717, 1.165) is 31.0 Å². The Morgan fingerprint density at radius 2 is 1.84 bits per heavy atom. The number of hydrogen-bond donors (Lipinski definition) is 4. The van der Waals surface area contributed by atoms with Gasteiger partial charge in [0.2, 0.25) is 0 Å². The molecule has 2 aromatic carbocycles. The van der Waals surface area contributed by atoms with E-state index in [-0.39, 0.29) is 29.9 Å². The molecule has 0 aliphatic carbocycles. The van der Waals surface area contributed by atoms with Gasteiger partial charge in [-0.05, 0) is 62.1 Å². The lowest BCUT2D eigenvalue weighted by Crippen LogP contribution is -2.38. The number of halogens is 1. The minimum Gasteiger partial charge on any atom is -0.361 e. The Balaban J connectivity index is 0.00000341. The molecular weight excluding hydrogens is 501 g/mol. The minimum atomic E-state index is -0.0534. The Bertz CT molecular complexity index is 1030. The zero-order valence-corrected chi connectivity index (χ0v) is 20.7. The summed E-state index contributed by atoms with van der Waals surface area (Å²) in [6.07, 6.45) is 2.99. The Morgan fingerprint density at radius 3 is 2.61 bits per heavy atom. The lowest BCUT2D eigenvalue weighted by atomic mass is 10.1. The number of aryl methyl sites for hydroxylation is 1. The van der Waals surface area contributed by atoms with Crippen LogP contribution in [0.4, 0.5) is 0 Å². The molecule has 1 aromatic heterocycles. The van der Waals surface area contributed by atoms with Gasteiger partial charge in [-0.25, -0.2) is 4.99 Å². The van der Waals surface area contributed by atoms with Crippen molar-refractivity contribution in [2.75, 3.05) is 19.6 Å². The second kappa shape index (κ2) is 12.3. The fourth-order valence-electron chi connectivity index (χ4n) is 3.41. The van der Waals surface area contributed by atoms with Crippen LogP contribution >= 0.6 is 24.0 Å². The molecule has 0 atom stereocenters. The van der Waals surface area contributed by atoms with E-state index in [9.17, 15) is 4.79 Å². The summed E-state index contributed by atoms with van der Waals surface area (Å²) in [5.41, 5.74) is 5.40. The van der Waals surface area contributed by atoms with Gasteiger partial charge in [-0.3, -0.25) is 4.79 Å². The zero-order valence-electron chi connectivity index (χ0n) is 18.4. The number of aliphatic imine (C=N–C) groups is 1. The van der Waals surface area contributed by atoms with Crippen LogP contribution in [-0.4, -0.2) is 36.5 Å². The molecule has 3 rings (SSSR count). The second-order valence-corrected chi connectivity index (χ2v) is 7.29. The van der Waals surface area contributed by atoms with Crippen LogP contribution < -0.4 is 16.0 Å². The average Bonchev–Trinajstić information content (AvgIpc) is 3.14. The number of amides is 1. The van der Waals surface area contributed by atoms with Crippen molar-refractivity contribution in [1.29, 1.82) is 0 Å². The molecule has 0 radical (unpaired) electrons. The average molecular weight is 533 g/mol. The maximum Gasteiger partial charge on any atom is 0.251 e. The largest absolute Gasteiger partial charge is 0.361 e. The van der Waals surface area contributed by atoms with Crippen LogP contribution in [0.25, 0.3) is 10.9 Å². The number of guanidine groups is 1. The second-order valence-electron chi connectivity index (χ2n) is 7.29. The summed E-state index contributed by atoms with van der Waals surface area (Å²) in [5, 5.41) is 10.8. The predicted molar refractivity (Wildman–Crippen MR) is 139 cm³/mol. The summed E-state index contributed by atoms with van der Waals surface area (Å²) < 4.78 is 0. The Labute approximate surface area is 201 Å². The quantitative estimate of drug-likeness (QED) is 0.200. The molecule has 4 N–H and O–H groups in total. The number of carbonyl (C=O) groups is 1. The van der Waals surface area contributed by atoms with Crippen LogP contribution in [0.3, 0.4) is 0 Å². The molecule has 0 aliphatic rings. The highest BCUT2D eigenvalue weighted by Crippen LogP contribution is 2.19. The summed E-state index contributed by atoms with van der Waals surface area (Å²) in [5.74, 6) is 0.721. The molecule has 166 valence electrons. The van der Waals surface area contributed by atoms with Crippen LogP contribution in [0.2, 0.25) is 0 Å². The van der Waals surface area contributed by atoms with Crippen LogP contribution in [0.15, 0.2) is 53.7 Å². The zero-order chi connectivity index (χ0) is 21.3. The van der Waals surface area contributed by atoms with E-state index >= 15 is 0 Å². The molecule has 0 saturated heterocycles. The summed E-state index contributed by atoms with van der Waals surface area (Å²) in [6, 6.07) is 14.1. The van der Waals surface area contributed by atoms with Gasteiger partial charge in [0.15, 0.2) is 5.96 Å². The molecular formula is C24H32IN5O. The van der Waals surface area contributed by atoms with E-state index in [4.69, 9.17) is 0 Å². The van der Waals surface area contributed by atoms with Gasteiger partial charge in [0.25, 0.3) is 5.91 Å². The van der Waals surface area contributed by atoms with E-state index in [1.54, 1.807) is 0 Å². The van der Waals surface area contributed by atoms with Crippen molar-refractivity contribution in [3.63, 3.8) is 0 Å². The fraction of sp³-hybridized carbons (Fsp3) is 0.333. The molecule has 1 amide bonds. The summed E-state index contributed by atoms with van der Waals surface area (Å²) in [7, 11) is 0. The number of carbonyl (C=O) groups excluding carboxylic acids is 1. The number of fused-ring (bicyclic) bond motifs is 1.